The van der Waals surface area contributed by atoms with Crippen LogP contribution in [0.4, 0.5) is 0 Å². The van der Waals surface area contributed by atoms with E-state index in [4.69, 9.17) is 0 Å². The smallest absolute Gasteiger partial charge is 0.222 e. The fraction of sp³-hybridized carbons (Fsp3) is 0.500. The number of ketones is 1. The molecule has 0 heterocycles. The highest BCUT2D eigenvalue weighted by Crippen LogP contribution is 2.09. The average molecular weight is 261 g/mol. The zero-order valence-electron chi connectivity index (χ0n) is 12.3. The lowest BCUT2D eigenvalue weighted by molar-refractivity contribution is -0.130. The number of aryl methyl sites for hydroxylation is 1. The van der Waals surface area contributed by atoms with Crippen LogP contribution in [-0.2, 0) is 4.79 Å². The molecular formula is C16H23NO2. The summed E-state index contributed by atoms with van der Waals surface area (Å²) in [6.45, 7) is 6.86. The number of Topliss-reactive ketones (excluding diaryl/α,β-unsaturated/α-hetero) is 1. The number of rotatable bonds is 6. The second-order valence-electron chi connectivity index (χ2n) is 5.46. The van der Waals surface area contributed by atoms with Gasteiger partial charge in [-0.3, -0.25) is 9.59 Å². The van der Waals surface area contributed by atoms with Crippen LogP contribution >= 0.6 is 0 Å². The van der Waals surface area contributed by atoms with Crippen molar-refractivity contribution in [2.45, 2.75) is 33.6 Å². The van der Waals surface area contributed by atoms with Crippen LogP contribution in [0.25, 0.3) is 0 Å². The molecule has 104 valence electrons. The van der Waals surface area contributed by atoms with E-state index in [0.29, 0.717) is 11.5 Å². The summed E-state index contributed by atoms with van der Waals surface area (Å²) in [5, 5.41) is 0. The summed E-state index contributed by atoms with van der Waals surface area (Å²) >= 11 is 0. The van der Waals surface area contributed by atoms with E-state index in [1.54, 1.807) is 11.9 Å². The monoisotopic (exact) mass is 261 g/mol. The average Bonchev–Trinajstić information content (AvgIpc) is 2.35. The first kappa shape index (κ1) is 15.4. The summed E-state index contributed by atoms with van der Waals surface area (Å²) in [4.78, 5) is 25.5. The molecule has 1 aromatic carbocycles. The summed E-state index contributed by atoms with van der Waals surface area (Å²) in [7, 11) is 1.79. The third-order valence-electron chi connectivity index (χ3n) is 3.00. The van der Waals surface area contributed by atoms with Gasteiger partial charge in [-0.2, -0.15) is 0 Å². The lowest BCUT2D eigenvalue weighted by Crippen LogP contribution is -2.30. The van der Waals surface area contributed by atoms with Crippen LogP contribution in [0.2, 0.25) is 0 Å². The van der Waals surface area contributed by atoms with Gasteiger partial charge in [0.1, 0.15) is 0 Å². The van der Waals surface area contributed by atoms with Crippen LogP contribution in [0, 0.1) is 12.8 Å². The van der Waals surface area contributed by atoms with Gasteiger partial charge >= 0.3 is 0 Å². The molecule has 0 atom stereocenters. The molecule has 3 heteroatoms. The second-order valence-corrected chi connectivity index (χ2v) is 5.46. The second kappa shape index (κ2) is 7.07. The van der Waals surface area contributed by atoms with Gasteiger partial charge in [-0.1, -0.05) is 43.7 Å². The molecule has 1 aromatic rings. The van der Waals surface area contributed by atoms with Crippen molar-refractivity contribution in [3.63, 3.8) is 0 Å². The first-order chi connectivity index (χ1) is 8.90. The summed E-state index contributed by atoms with van der Waals surface area (Å²) in [6, 6.07) is 7.47. The molecule has 19 heavy (non-hydrogen) atoms. The van der Waals surface area contributed by atoms with Gasteiger partial charge in [-0.15, -0.1) is 0 Å². The Kier molecular flexibility index (Phi) is 5.74. The molecule has 0 aromatic heterocycles. The summed E-state index contributed by atoms with van der Waals surface area (Å²) in [6.07, 6.45) is 0.570. The lowest BCUT2D eigenvalue weighted by Gasteiger charge is -2.19. The Bertz CT molecular complexity index is 435. The highest BCUT2D eigenvalue weighted by Gasteiger charge is 2.13. The molecule has 0 bridgehead atoms. The minimum atomic E-state index is 0.0336. The Morgan fingerprint density at radius 2 is 1.68 bits per heavy atom. The van der Waals surface area contributed by atoms with E-state index in [2.05, 4.69) is 13.8 Å². The number of nitrogens with zero attached hydrogens (tertiary/aromatic N) is 1. The van der Waals surface area contributed by atoms with Gasteiger partial charge in [-0.25, -0.2) is 0 Å². The van der Waals surface area contributed by atoms with Crippen molar-refractivity contribution in [1.82, 2.24) is 4.90 Å². The van der Waals surface area contributed by atoms with E-state index in [0.717, 1.165) is 12.1 Å². The number of carbonyl (C=O) groups is 2. The third kappa shape index (κ3) is 5.25. The maximum atomic E-state index is 11.9. The molecular weight excluding hydrogens is 238 g/mol. The molecule has 0 aliphatic rings. The normalized spacial score (nSPS) is 10.6. The SMILES string of the molecule is Cc1ccc(C(=O)CCC(=O)N(C)CC(C)C)cc1. The zero-order chi connectivity index (χ0) is 14.4. The molecule has 0 N–H and O–H groups in total. The molecule has 0 saturated carbocycles. The standard InChI is InChI=1S/C16H23NO2/c1-12(2)11-17(4)16(19)10-9-15(18)14-7-5-13(3)6-8-14/h5-8,12H,9-11H2,1-4H3. The van der Waals surface area contributed by atoms with Crippen molar-refractivity contribution < 1.29 is 9.59 Å². The molecule has 1 amide bonds. The van der Waals surface area contributed by atoms with Crippen molar-refractivity contribution in [2.24, 2.45) is 5.92 Å². The van der Waals surface area contributed by atoms with Crippen molar-refractivity contribution in [3.8, 4) is 0 Å². The molecule has 0 aliphatic carbocycles. The van der Waals surface area contributed by atoms with Crippen LogP contribution < -0.4 is 0 Å². The van der Waals surface area contributed by atoms with Gasteiger partial charge < -0.3 is 4.90 Å². The van der Waals surface area contributed by atoms with Crippen LogP contribution in [0.5, 0.6) is 0 Å². The summed E-state index contributed by atoms with van der Waals surface area (Å²) in [5.74, 6) is 0.516. The number of hydrogen-bond acceptors (Lipinski definition) is 2. The predicted molar refractivity (Wildman–Crippen MR) is 77.2 cm³/mol. The van der Waals surface area contributed by atoms with Crippen molar-refractivity contribution in [3.05, 3.63) is 35.4 Å². The first-order valence-corrected chi connectivity index (χ1v) is 6.74. The fourth-order valence-electron chi connectivity index (χ4n) is 1.94. The minimum Gasteiger partial charge on any atom is -0.345 e. The molecule has 3 nitrogen and oxygen atoms in total. The number of hydrogen-bond donors (Lipinski definition) is 0. The maximum Gasteiger partial charge on any atom is 0.222 e. The Morgan fingerprint density at radius 1 is 1.11 bits per heavy atom. The van der Waals surface area contributed by atoms with E-state index >= 15 is 0 Å². The Balaban J connectivity index is 2.46. The summed E-state index contributed by atoms with van der Waals surface area (Å²) < 4.78 is 0. The number of carbonyl (C=O) groups excluding carboxylic acids is 2. The van der Waals surface area contributed by atoms with Crippen molar-refractivity contribution >= 4 is 11.7 Å². The molecule has 0 spiro atoms. The third-order valence-corrected chi connectivity index (χ3v) is 3.00. The van der Waals surface area contributed by atoms with Gasteiger partial charge in [0.25, 0.3) is 0 Å². The van der Waals surface area contributed by atoms with Gasteiger partial charge in [0.15, 0.2) is 5.78 Å². The van der Waals surface area contributed by atoms with E-state index < -0.39 is 0 Å². The maximum absolute atomic E-state index is 11.9. The summed E-state index contributed by atoms with van der Waals surface area (Å²) in [5.41, 5.74) is 1.81. The molecule has 0 aliphatic heterocycles. The van der Waals surface area contributed by atoms with Gasteiger partial charge in [0, 0.05) is 32.0 Å². The highest BCUT2D eigenvalue weighted by molar-refractivity contribution is 5.97. The van der Waals surface area contributed by atoms with Crippen LogP contribution in [0.3, 0.4) is 0 Å². The van der Waals surface area contributed by atoms with Crippen LogP contribution in [-0.4, -0.2) is 30.2 Å². The van der Waals surface area contributed by atoms with Crippen molar-refractivity contribution in [1.29, 1.82) is 0 Å². The molecule has 1 rings (SSSR count). The molecule has 0 unspecified atom stereocenters. The van der Waals surface area contributed by atoms with E-state index in [1.807, 2.05) is 31.2 Å². The molecule has 0 radical (unpaired) electrons. The van der Waals surface area contributed by atoms with Crippen LogP contribution in [0.1, 0.15) is 42.6 Å². The fourth-order valence-corrected chi connectivity index (χ4v) is 1.94. The predicted octanol–water partition coefficient (Wildman–Crippen LogP) is 3.07. The van der Waals surface area contributed by atoms with E-state index in [1.165, 1.54) is 0 Å². The van der Waals surface area contributed by atoms with Gasteiger partial charge in [0.05, 0.1) is 0 Å². The minimum absolute atomic E-state index is 0.0336. The van der Waals surface area contributed by atoms with Gasteiger partial charge in [0.2, 0.25) is 5.91 Å². The zero-order valence-corrected chi connectivity index (χ0v) is 12.3. The Morgan fingerprint density at radius 3 is 2.21 bits per heavy atom. The van der Waals surface area contributed by atoms with E-state index in [9.17, 15) is 9.59 Å². The quantitative estimate of drug-likeness (QED) is 0.738. The Labute approximate surface area is 115 Å². The Hall–Kier alpha value is -1.64. The van der Waals surface area contributed by atoms with Crippen LogP contribution in [0.15, 0.2) is 24.3 Å². The first-order valence-electron chi connectivity index (χ1n) is 6.74. The molecule has 0 fully saturated rings. The molecule has 0 saturated heterocycles. The van der Waals surface area contributed by atoms with Gasteiger partial charge in [-0.05, 0) is 12.8 Å². The number of benzene rings is 1. The largest absolute Gasteiger partial charge is 0.345 e. The van der Waals surface area contributed by atoms with E-state index in [-0.39, 0.29) is 24.5 Å². The number of amides is 1. The lowest BCUT2D eigenvalue weighted by atomic mass is 10.0. The highest BCUT2D eigenvalue weighted by atomic mass is 16.2. The van der Waals surface area contributed by atoms with Crippen molar-refractivity contribution in [2.75, 3.05) is 13.6 Å². The topological polar surface area (TPSA) is 37.4 Å².